The zero-order valence-corrected chi connectivity index (χ0v) is 14.0. The number of halogens is 1. The van der Waals surface area contributed by atoms with Gasteiger partial charge in [-0.15, -0.1) is 0 Å². The Bertz CT molecular complexity index is 673. The fraction of sp³-hybridized carbons (Fsp3) is 0.278. The molecule has 2 rings (SSSR count). The first-order valence-electron chi connectivity index (χ1n) is 7.38. The molecule has 0 atom stereocenters. The summed E-state index contributed by atoms with van der Waals surface area (Å²) in [5.41, 5.74) is 1.71. The number of carbonyl (C=O) groups is 1. The molecule has 4 nitrogen and oxygen atoms in total. The number of nitrogens with one attached hydrogen (secondary N) is 1. The fourth-order valence-electron chi connectivity index (χ4n) is 2.23. The highest BCUT2D eigenvalue weighted by Crippen LogP contribution is 2.24. The number of rotatable bonds is 7. The van der Waals surface area contributed by atoms with Gasteiger partial charge in [0, 0.05) is 12.1 Å². The predicted molar refractivity (Wildman–Crippen MR) is 91.7 cm³/mol. The second kappa shape index (κ2) is 8.44. The predicted octanol–water partition coefficient (Wildman–Crippen LogP) is 3.72. The highest BCUT2D eigenvalue weighted by atomic mass is 35.5. The van der Waals surface area contributed by atoms with E-state index >= 15 is 0 Å². The van der Waals surface area contributed by atoms with Crippen molar-refractivity contribution in [2.45, 2.75) is 12.8 Å². The Kier molecular flexibility index (Phi) is 6.29. The van der Waals surface area contributed by atoms with Gasteiger partial charge in [-0.25, -0.2) is 0 Å². The molecule has 0 aliphatic rings. The van der Waals surface area contributed by atoms with Crippen LogP contribution in [0.1, 0.15) is 22.3 Å². The monoisotopic (exact) mass is 333 g/mol. The minimum Gasteiger partial charge on any atom is -0.497 e. The molecule has 122 valence electrons. The van der Waals surface area contributed by atoms with Crippen LogP contribution in [0.5, 0.6) is 11.5 Å². The molecule has 0 unspecified atom stereocenters. The molecule has 0 saturated heterocycles. The van der Waals surface area contributed by atoms with E-state index in [-0.39, 0.29) is 5.91 Å². The van der Waals surface area contributed by atoms with Crippen molar-refractivity contribution in [2.75, 3.05) is 20.8 Å². The van der Waals surface area contributed by atoms with E-state index in [9.17, 15) is 4.79 Å². The number of methoxy groups -OCH3 is 2. The van der Waals surface area contributed by atoms with Gasteiger partial charge in [-0.1, -0.05) is 23.7 Å². The van der Waals surface area contributed by atoms with Crippen LogP contribution in [0.25, 0.3) is 0 Å². The van der Waals surface area contributed by atoms with E-state index < -0.39 is 0 Å². The number of hydrogen-bond acceptors (Lipinski definition) is 3. The molecule has 23 heavy (non-hydrogen) atoms. The summed E-state index contributed by atoms with van der Waals surface area (Å²) < 4.78 is 10.3. The van der Waals surface area contributed by atoms with Gasteiger partial charge in [0.05, 0.1) is 19.2 Å². The molecular weight excluding hydrogens is 314 g/mol. The largest absolute Gasteiger partial charge is 0.497 e. The summed E-state index contributed by atoms with van der Waals surface area (Å²) in [5, 5.41) is 3.32. The first-order chi connectivity index (χ1) is 11.1. The van der Waals surface area contributed by atoms with Crippen molar-refractivity contribution in [1.82, 2.24) is 5.32 Å². The average molecular weight is 334 g/mol. The maximum Gasteiger partial charge on any atom is 0.251 e. The smallest absolute Gasteiger partial charge is 0.251 e. The molecular formula is C18H20ClNO3. The molecule has 5 heteroatoms. The molecule has 2 aromatic rings. The SMILES string of the molecule is COc1cccc(CCCNC(=O)c2ccc(OC)c(Cl)c2)c1. The van der Waals surface area contributed by atoms with Crippen molar-refractivity contribution in [2.24, 2.45) is 0 Å². The minimum atomic E-state index is -0.139. The molecule has 0 radical (unpaired) electrons. The van der Waals surface area contributed by atoms with Crippen molar-refractivity contribution in [1.29, 1.82) is 0 Å². The zero-order chi connectivity index (χ0) is 16.7. The Morgan fingerprint density at radius 2 is 1.96 bits per heavy atom. The Balaban J connectivity index is 1.81. The molecule has 0 heterocycles. The van der Waals surface area contributed by atoms with Crippen LogP contribution < -0.4 is 14.8 Å². The van der Waals surface area contributed by atoms with Crippen molar-refractivity contribution >= 4 is 17.5 Å². The number of aryl methyl sites for hydroxylation is 1. The standard InChI is InChI=1S/C18H20ClNO3/c1-22-15-7-3-5-13(11-15)6-4-10-20-18(21)14-8-9-17(23-2)16(19)12-14/h3,5,7-9,11-12H,4,6,10H2,1-2H3,(H,20,21). The van der Waals surface area contributed by atoms with Crippen LogP contribution >= 0.6 is 11.6 Å². The normalized spacial score (nSPS) is 10.2. The summed E-state index contributed by atoms with van der Waals surface area (Å²) >= 11 is 6.03. The van der Waals surface area contributed by atoms with Crippen molar-refractivity contribution in [3.05, 3.63) is 58.6 Å². The summed E-state index contributed by atoms with van der Waals surface area (Å²) in [7, 11) is 3.19. The van der Waals surface area contributed by atoms with Crippen LogP contribution in [-0.4, -0.2) is 26.7 Å². The molecule has 0 aromatic heterocycles. The van der Waals surface area contributed by atoms with Crippen LogP contribution in [0.3, 0.4) is 0 Å². The highest BCUT2D eigenvalue weighted by molar-refractivity contribution is 6.32. The van der Waals surface area contributed by atoms with E-state index in [1.807, 2.05) is 24.3 Å². The maximum atomic E-state index is 12.1. The van der Waals surface area contributed by atoms with Crippen LogP contribution in [0.15, 0.2) is 42.5 Å². The Labute approximate surface area is 141 Å². The number of amides is 1. The van der Waals surface area contributed by atoms with Gasteiger partial charge in [-0.05, 0) is 48.7 Å². The van der Waals surface area contributed by atoms with Crippen LogP contribution in [0, 0.1) is 0 Å². The van der Waals surface area contributed by atoms with E-state index in [2.05, 4.69) is 5.32 Å². The average Bonchev–Trinajstić information content (AvgIpc) is 2.58. The second-order valence-electron chi connectivity index (χ2n) is 5.06. The zero-order valence-electron chi connectivity index (χ0n) is 13.3. The summed E-state index contributed by atoms with van der Waals surface area (Å²) in [4.78, 5) is 12.1. The van der Waals surface area contributed by atoms with Gasteiger partial charge in [0.2, 0.25) is 0 Å². The molecule has 0 aliphatic carbocycles. The lowest BCUT2D eigenvalue weighted by Crippen LogP contribution is -2.24. The van der Waals surface area contributed by atoms with Crippen molar-refractivity contribution < 1.29 is 14.3 Å². The minimum absolute atomic E-state index is 0.139. The third-order valence-corrected chi connectivity index (χ3v) is 3.77. The lowest BCUT2D eigenvalue weighted by molar-refractivity contribution is 0.0953. The van der Waals surface area contributed by atoms with E-state index in [4.69, 9.17) is 21.1 Å². The van der Waals surface area contributed by atoms with Crippen LogP contribution in [0.2, 0.25) is 5.02 Å². The number of carbonyl (C=O) groups excluding carboxylic acids is 1. The third-order valence-electron chi connectivity index (χ3n) is 3.48. The molecule has 1 amide bonds. The van der Waals surface area contributed by atoms with Crippen molar-refractivity contribution in [3.63, 3.8) is 0 Å². The van der Waals surface area contributed by atoms with E-state index in [0.717, 1.165) is 18.6 Å². The Morgan fingerprint density at radius 3 is 2.65 bits per heavy atom. The van der Waals surface area contributed by atoms with Gasteiger partial charge in [0.1, 0.15) is 11.5 Å². The van der Waals surface area contributed by atoms with Gasteiger partial charge < -0.3 is 14.8 Å². The quantitative estimate of drug-likeness (QED) is 0.785. The van der Waals surface area contributed by atoms with Crippen LogP contribution in [0.4, 0.5) is 0 Å². The first kappa shape index (κ1) is 17.2. The molecule has 0 fully saturated rings. The molecule has 0 aliphatic heterocycles. The van der Waals surface area contributed by atoms with Gasteiger partial charge >= 0.3 is 0 Å². The number of benzene rings is 2. The van der Waals surface area contributed by atoms with Gasteiger partial charge in [-0.3, -0.25) is 4.79 Å². The third kappa shape index (κ3) is 4.89. The van der Waals surface area contributed by atoms with Gasteiger partial charge in [0.15, 0.2) is 0 Å². The van der Waals surface area contributed by atoms with E-state index in [1.165, 1.54) is 5.56 Å². The topological polar surface area (TPSA) is 47.6 Å². The first-order valence-corrected chi connectivity index (χ1v) is 7.76. The van der Waals surface area contributed by atoms with Gasteiger partial charge in [-0.2, -0.15) is 0 Å². The summed E-state index contributed by atoms with van der Waals surface area (Å²) in [6.45, 7) is 0.597. The van der Waals surface area contributed by atoms with Gasteiger partial charge in [0.25, 0.3) is 5.91 Å². The molecule has 0 spiro atoms. The lowest BCUT2D eigenvalue weighted by atomic mass is 10.1. The Morgan fingerprint density at radius 1 is 1.13 bits per heavy atom. The Hall–Kier alpha value is -2.20. The lowest BCUT2D eigenvalue weighted by Gasteiger charge is -2.08. The van der Waals surface area contributed by atoms with Crippen LogP contribution in [-0.2, 0) is 6.42 Å². The van der Waals surface area contributed by atoms with E-state index in [0.29, 0.717) is 22.9 Å². The molecule has 1 N–H and O–H groups in total. The number of hydrogen-bond donors (Lipinski definition) is 1. The summed E-state index contributed by atoms with van der Waals surface area (Å²) in [6, 6.07) is 12.9. The second-order valence-corrected chi connectivity index (χ2v) is 5.47. The van der Waals surface area contributed by atoms with Crippen molar-refractivity contribution in [3.8, 4) is 11.5 Å². The number of ether oxygens (including phenoxy) is 2. The highest BCUT2D eigenvalue weighted by Gasteiger charge is 2.08. The fourth-order valence-corrected chi connectivity index (χ4v) is 2.49. The molecule has 2 aromatic carbocycles. The molecule has 0 bridgehead atoms. The maximum absolute atomic E-state index is 12.1. The molecule has 0 saturated carbocycles. The van der Waals surface area contributed by atoms with E-state index in [1.54, 1.807) is 32.4 Å². The summed E-state index contributed by atoms with van der Waals surface area (Å²) in [5.74, 6) is 1.26. The summed E-state index contributed by atoms with van der Waals surface area (Å²) in [6.07, 6.45) is 1.73.